The number of hydrogen-bond acceptors (Lipinski definition) is 4. The monoisotopic (exact) mass is 348 g/mol. The molecule has 0 saturated heterocycles. The normalized spacial score (nSPS) is 16.7. The highest BCUT2D eigenvalue weighted by Crippen LogP contribution is 2.42. The van der Waals surface area contributed by atoms with Crippen LogP contribution in [0.5, 0.6) is 0 Å². The van der Waals surface area contributed by atoms with Crippen molar-refractivity contribution in [1.82, 2.24) is 4.98 Å². The number of aromatic nitrogens is 1. The van der Waals surface area contributed by atoms with Gasteiger partial charge < -0.3 is 10.6 Å². The Morgan fingerprint density at radius 1 is 1.35 bits per heavy atom. The molecule has 1 unspecified atom stereocenters. The summed E-state index contributed by atoms with van der Waals surface area (Å²) in [4.78, 5) is 6.50. The quantitative estimate of drug-likeness (QED) is 0.898. The Balaban J connectivity index is 2.05. The van der Waals surface area contributed by atoms with Gasteiger partial charge in [-0.15, -0.1) is 0 Å². The molecule has 2 aromatic rings. The zero-order valence-electron chi connectivity index (χ0n) is 16.2. The predicted molar refractivity (Wildman–Crippen MR) is 106 cm³/mol. The van der Waals surface area contributed by atoms with Gasteiger partial charge in [-0.3, -0.25) is 0 Å². The summed E-state index contributed by atoms with van der Waals surface area (Å²) in [5.74, 6) is 0. The molecule has 0 radical (unpaired) electrons. The SMILES string of the molecule is CCc1cc2c(cc1C(C)N)N(Cc1ccnc(C#N)c1)CCC2(C)C. The topological polar surface area (TPSA) is 65.9 Å². The van der Waals surface area contributed by atoms with Gasteiger partial charge in [-0.05, 0) is 65.6 Å². The van der Waals surface area contributed by atoms with Gasteiger partial charge in [0.2, 0.25) is 0 Å². The summed E-state index contributed by atoms with van der Waals surface area (Å²) in [6, 6.07) is 10.7. The van der Waals surface area contributed by atoms with Crippen LogP contribution >= 0.6 is 0 Å². The van der Waals surface area contributed by atoms with Gasteiger partial charge in [0, 0.05) is 31.0 Å². The number of nitriles is 1. The lowest BCUT2D eigenvalue weighted by atomic mass is 9.75. The van der Waals surface area contributed by atoms with Crippen LogP contribution in [-0.4, -0.2) is 11.5 Å². The largest absolute Gasteiger partial charge is 0.367 e. The van der Waals surface area contributed by atoms with Crippen LogP contribution in [0.15, 0.2) is 30.5 Å². The third-order valence-corrected chi connectivity index (χ3v) is 5.52. The first-order valence-electron chi connectivity index (χ1n) is 9.38. The second-order valence-corrected chi connectivity index (χ2v) is 7.93. The molecular weight excluding hydrogens is 320 g/mol. The zero-order chi connectivity index (χ0) is 18.9. The summed E-state index contributed by atoms with van der Waals surface area (Å²) in [7, 11) is 0. The highest BCUT2D eigenvalue weighted by atomic mass is 15.1. The number of fused-ring (bicyclic) bond motifs is 1. The molecule has 4 nitrogen and oxygen atoms in total. The van der Waals surface area contributed by atoms with Gasteiger partial charge in [-0.2, -0.15) is 5.26 Å². The summed E-state index contributed by atoms with van der Waals surface area (Å²) < 4.78 is 0. The second-order valence-electron chi connectivity index (χ2n) is 7.93. The lowest BCUT2D eigenvalue weighted by Crippen LogP contribution is -2.37. The van der Waals surface area contributed by atoms with E-state index in [1.54, 1.807) is 6.20 Å². The number of nitrogens with zero attached hydrogens (tertiary/aromatic N) is 3. The zero-order valence-corrected chi connectivity index (χ0v) is 16.2. The molecule has 1 aromatic carbocycles. The van der Waals surface area contributed by atoms with E-state index in [1.165, 1.54) is 22.4 Å². The lowest BCUT2D eigenvalue weighted by molar-refractivity contribution is 0.451. The van der Waals surface area contributed by atoms with Crippen molar-refractivity contribution in [2.75, 3.05) is 11.4 Å². The summed E-state index contributed by atoms with van der Waals surface area (Å²) in [5, 5.41) is 9.11. The van der Waals surface area contributed by atoms with E-state index in [9.17, 15) is 0 Å². The van der Waals surface area contributed by atoms with Gasteiger partial charge in [0.05, 0.1) is 0 Å². The van der Waals surface area contributed by atoms with Gasteiger partial charge in [0.25, 0.3) is 0 Å². The number of nitrogens with two attached hydrogens (primary N) is 1. The highest BCUT2D eigenvalue weighted by molar-refractivity contribution is 5.63. The summed E-state index contributed by atoms with van der Waals surface area (Å²) in [6.45, 7) is 10.7. The number of hydrogen-bond donors (Lipinski definition) is 1. The standard InChI is InChI=1S/C22H28N4/c1-5-17-11-20-21(12-19(17)15(2)24)26(9-7-22(20,3)4)14-16-6-8-25-18(10-16)13-23/h6,8,10-12,15H,5,7,9,14,24H2,1-4H3. The summed E-state index contributed by atoms with van der Waals surface area (Å²) >= 11 is 0. The molecule has 136 valence electrons. The van der Waals surface area contributed by atoms with E-state index < -0.39 is 0 Å². The van der Waals surface area contributed by atoms with Crippen LogP contribution in [0.1, 0.15) is 68.1 Å². The Kier molecular flexibility index (Phi) is 5.02. The Morgan fingerprint density at radius 2 is 2.12 bits per heavy atom. The maximum Gasteiger partial charge on any atom is 0.140 e. The van der Waals surface area contributed by atoms with Crippen molar-refractivity contribution in [2.45, 2.75) is 58.5 Å². The molecule has 0 bridgehead atoms. The molecule has 0 fully saturated rings. The second kappa shape index (κ2) is 7.09. The van der Waals surface area contributed by atoms with E-state index >= 15 is 0 Å². The molecule has 26 heavy (non-hydrogen) atoms. The number of anilines is 1. The molecule has 0 spiro atoms. The molecule has 1 aromatic heterocycles. The summed E-state index contributed by atoms with van der Waals surface area (Å²) in [6.07, 6.45) is 3.82. The first-order chi connectivity index (χ1) is 12.4. The van der Waals surface area contributed by atoms with Crippen molar-refractivity contribution < 1.29 is 0 Å². The fraction of sp³-hybridized carbons (Fsp3) is 0.455. The third kappa shape index (κ3) is 3.45. The minimum atomic E-state index is 0.0215. The first-order valence-corrected chi connectivity index (χ1v) is 9.38. The number of aryl methyl sites for hydroxylation is 1. The minimum Gasteiger partial charge on any atom is -0.367 e. The van der Waals surface area contributed by atoms with Crippen LogP contribution in [0.2, 0.25) is 0 Å². The molecule has 2 heterocycles. The fourth-order valence-corrected chi connectivity index (χ4v) is 3.87. The average Bonchev–Trinajstić information content (AvgIpc) is 2.63. The molecule has 2 N–H and O–H groups in total. The van der Waals surface area contributed by atoms with Crippen LogP contribution in [0.25, 0.3) is 0 Å². The molecule has 0 amide bonds. The van der Waals surface area contributed by atoms with E-state index in [1.807, 2.05) is 12.1 Å². The molecule has 0 aliphatic carbocycles. The maximum absolute atomic E-state index is 9.11. The van der Waals surface area contributed by atoms with Crippen LogP contribution < -0.4 is 10.6 Å². The van der Waals surface area contributed by atoms with E-state index in [4.69, 9.17) is 11.0 Å². The van der Waals surface area contributed by atoms with E-state index in [-0.39, 0.29) is 11.5 Å². The van der Waals surface area contributed by atoms with Gasteiger partial charge in [-0.25, -0.2) is 4.98 Å². The Hall–Kier alpha value is -2.38. The molecule has 1 atom stereocenters. The maximum atomic E-state index is 9.11. The van der Waals surface area contributed by atoms with Gasteiger partial charge in [0.15, 0.2) is 0 Å². The van der Waals surface area contributed by atoms with Crippen molar-refractivity contribution in [2.24, 2.45) is 5.73 Å². The van der Waals surface area contributed by atoms with E-state index in [0.717, 1.165) is 31.5 Å². The number of pyridine rings is 1. The van der Waals surface area contributed by atoms with Crippen molar-refractivity contribution in [3.05, 3.63) is 58.4 Å². The highest BCUT2D eigenvalue weighted by Gasteiger charge is 2.32. The number of rotatable bonds is 4. The van der Waals surface area contributed by atoms with E-state index in [0.29, 0.717) is 5.69 Å². The summed E-state index contributed by atoms with van der Waals surface area (Å²) in [5.41, 5.74) is 13.3. The van der Waals surface area contributed by atoms with Crippen molar-refractivity contribution >= 4 is 5.69 Å². The Bertz CT molecular complexity index is 846. The Morgan fingerprint density at radius 3 is 2.77 bits per heavy atom. The number of benzene rings is 1. The van der Waals surface area contributed by atoms with Gasteiger partial charge >= 0.3 is 0 Å². The lowest BCUT2D eigenvalue weighted by Gasteiger charge is -2.41. The van der Waals surface area contributed by atoms with Crippen molar-refractivity contribution in [3.8, 4) is 6.07 Å². The van der Waals surface area contributed by atoms with Crippen molar-refractivity contribution in [3.63, 3.8) is 0 Å². The van der Waals surface area contributed by atoms with E-state index in [2.05, 4.69) is 55.8 Å². The molecule has 4 heteroatoms. The minimum absolute atomic E-state index is 0.0215. The molecule has 3 rings (SSSR count). The van der Waals surface area contributed by atoms with Crippen LogP contribution in [0, 0.1) is 11.3 Å². The van der Waals surface area contributed by atoms with Crippen LogP contribution in [0.4, 0.5) is 5.69 Å². The van der Waals surface area contributed by atoms with Gasteiger partial charge in [-0.1, -0.05) is 26.8 Å². The van der Waals surface area contributed by atoms with Gasteiger partial charge in [0.1, 0.15) is 11.8 Å². The fourth-order valence-electron chi connectivity index (χ4n) is 3.87. The van der Waals surface area contributed by atoms with Crippen LogP contribution in [-0.2, 0) is 18.4 Å². The van der Waals surface area contributed by atoms with Crippen molar-refractivity contribution in [1.29, 1.82) is 5.26 Å². The molecule has 1 aliphatic rings. The average molecular weight is 348 g/mol. The van der Waals surface area contributed by atoms with Crippen LogP contribution in [0.3, 0.4) is 0 Å². The molecular formula is C22H28N4. The first kappa shape index (κ1) is 18.4. The smallest absolute Gasteiger partial charge is 0.140 e. The Labute approximate surface area is 156 Å². The predicted octanol–water partition coefficient (Wildman–Crippen LogP) is 4.22. The third-order valence-electron chi connectivity index (χ3n) is 5.52. The molecule has 1 aliphatic heterocycles. The molecule has 0 saturated carbocycles.